The summed E-state index contributed by atoms with van der Waals surface area (Å²) >= 11 is 5.67. The van der Waals surface area contributed by atoms with Crippen LogP contribution in [0.15, 0.2) is 36.4 Å². The van der Waals surface area contributed by atoms with Crippen molar-refractivity contribution in [3.63, 3.8) is 0 Å². The maximum atomic E-state index is 13.1. The lowest BCUT2D eigenvalue weighted by atomic mass is 10.1. The van der Waals surface area contributed by atoms with E-state index >= 15 is 0 Å². The Kier molecular flexibility index (Phi) is 3.87. The molecule has 0 fully saturated rings. The zero-order valence-electron chi connectivity index (χ0n) is 10.0. The summed E-state index contributed by atoms with van der Waals surface area (Å²) in [5.74, 6) is -1.52. The highest BCUT2D eigenvalue weighted by molar-refractivity contribution is 6.30. The van der Waals surface area contributed by atoms with Gasteiger partial charge in [0.1, 0.15) is 17.6 Å². The molecule has 0 aliphatic carbocycles. The molecule has 0 unspecified atom stereocenters. The second kappa shape index (κ2) is 5.59. The smallest absolute Gasteiger partial charge is 0.259 e. The SMILES string of the molecule is N#Cc1cc(NC(=O)c2ccc(Cl)cc2O)ccc1F. The number of nitrogens with zero attached hydrogens (tertiary/aromatic N) is 1. The van der Waals surface area contributed by atoms with Gasteiger partial charge in [-0.1, -0.05) is 11.6 Å². The molecule has 100 valence electrons. The molecule has 2 aromatic rings. The van der Waals surface area contributed by atoms with Crippen LogP contribution in [0, 0.1) is 17.1 Å². The second-order valence-corrected chi connectivity index (χ2v) is 4.36. The maximum absolute atomic E-state index is 13.1. The third-order valence-electron chi connectivity index (χ3n) is 2.55. The molecule has 0 bridgehead atoms. The molecule has 0 atom stereocenters. The highest BCUT2D eigenvalue weighted by Crippen LogP contribution is 2.23. The third kappa shape index (κ3) is 2.87. The number of amides is 1. The molecular formula is C14H8ClFN2O2. The standard InChI is InChI=1S/C14H8ClFN2O2/c15-9-1-3-11(13(19)6-9)14(20)18-10-2-4-12(16)8(5-10)7-17/h1-6,19H,(H,18,20). The second-order valence-electron chi connectivity index (χ2n) is 3.92. The molecule has 6 heteroatoms. The van der Waals surface area contributed by atoms with Crippen LogP contribution < -0.4 is 5.32 Å². The Morgan fingerprint density at radius 2 is 2.05 bits per heavy atom. The highest BCUT2D eigenvalue weighted by Gasteiger charge is 2.12. The van der Waals surface area contributed by atoms with Gasteiger partial charge >= 0.3 is 0 Å². The first-order valence-electron chi connectivity index (χ1n) is 5.51. The van der Waals surface area contributed by atoms with Gasteiger partial charge in [0.05, 0.1) is 11.1 Å². The molecule has 2 rings (SSSR count). The van der Waals surface area contributed by atoms with Crippen molar-refractivity contribution < 1.29 is 14.3 Å². The number of benzene rings is 2. The Hall–Kier alpha value is -2.58. The molecule has 0 heterocycles. The van der Waals surface area contributed by atoms with E-state index in [-0.39, 0.29) is 22.6 Å². The summed E-state index contributed by atoms with van der Waals surface area (Å²) in [4.78, 5) is 11.9. The molecule has 2 N–H and O–H groups in total. The van der Waals surface area contributed by atoms with Crippen molar-refractivity contribution in [1.29, 1.82) is 5.26 Å². The fraction of sp³-hybridized carbons (Fsp3) is 0. The minimum atomic E-state index is -0.667. The van der Waals surface area contributed by atoms with Gasteiger partial charge in [0, 0.05) is 10.7 Å². The molecular weight excluding hydrogens is 283 g/mol. The summed E-state index contributed by atoms with van der Waals surface area (Å²) in [6.07, 6.45) is 0. The summed E-state index contributed by atoms with van der Waals surface area (Å²) in [5, 5.41) is 21.1. The van der Waals surface area contributed by atoms with Crippen molar-refractivity contribution >= 4 is 23.2 Å². The van der Waals surface area contributed by atoms with E-state index in [2.05, 4.69) is 5.32 Å². The van der Waals surface area contributed by atoms with Gasteiger partial charge in [0.25, 0.3) is 5.91 Å². The van der Waals surface area contributed by atoms with E-state index in [4.69, 9.17) is 16.9 Å². The fourth-order valence-corrected chi connectivity index (χ4v) is 1.75. The summed E-state index contributed by atoms with van der Waals surface area (Å²) in [6.45, 7) is 0. The Bertz CT molecular complexity index is 726. The van der Waals surface area contributed by atoms with Crippen LogP contribution in [-0.2, 0) is 0 Å². The molecule has 2 aromatic carbocycles. The van der Waals surface area contributed by atoms with Crippen molar-refractivity contribution in [2.45, 2.75) is 0 Å². The van der Waals surface area contributed by atoms with E-state index < -0.39 is 11.7 Å². The number of carbonyl (C=O) groups excluding carboxylic acids is 1. The zero-order chi connectivity index (χ0) is 14.7. The van der Waals surface area contributed by atoms with E-state index in [9.17, 15) is 14.3 Å². The quantitative estimate of drug-likeness (QED) is 0.891. The first-order valence-corrected chi connectivity index (χ1v) is 5.88. The van der Waals surface area contributed by atoms with Gasteiger partial charge in [0.2, 0.25) is 0 Å². The number of rotatable bonds is 2. The van der Waals surface area contributed by atoms with Crippen LogP contribution in [-0.4, -0.2) is 11.0 Å². The first kappa shape index (κ1) is 13.8. The number of carbonyl (C=O) groups is 1. The van der Waals surface area contributed by atoms with Crippen LogP contribution >= 0.6 is 11.6 Å². The van der Waals surface area contributed by atoms with Gasteiger partial charge in [-0.25, -0.2) is 4.39 Å². The van der Waals surface area contributed by atoms with E-state index in [1.165, 1.54) is 30.3 Å². The summed E-state index contributed by atoms with van der Waals surface area (Å²) in [6, 6.07) is 9.34. The number of hydrogen-bond acceptors (Lipinski definition) is 3. The van der Waals surface area contributed by atoms with Gasteiger partial charge in [0.15, 0.2) is 0 Å². The fourth-order valence-electron chi connectivity index (χ4n) is 1.58. The number of nitriles is 1. The molecule has 1 amide bonds. The van der Waals surface area contributed by atoms with Crippen molar-refractivity contribution in [3.05, 3.63) is 58.4 Å². The number of nitrogens with one attached hydrogen (secondary N) is 1. The molecule has 0 radical (unpaired) electrons. The largest absolute Gasteiger partial charge is 0.507 e. The maximum Gasteiger partial charge on any atom is 0.259 e. The number of hydrogen-bond donors (Lipinski definition) is 2. The average molecular weight is 291 g/mol. The van der Waals surface area contributed by atoms with Crippen LogP contribution in [0.1, 0.15) is 15.9 Å². The molecule has 0 aromatic heterocycles. The average Bonchev–Trinajstić information content (AvgIpc) is 2.40. The van der Waals surface area contributed by atoms with Gasteiger partial charge < -0.3 is 10.4 Å². The Balaban J connectivity index is 2.26. The van der Waals surface area contributed by atoms with E-state index in [1.807, 2.05) is 0 Å². The molecule has 0 aliphatic rings. The predicted molar refractivity (Wildman–Crippen MR) is 72.2 cm³/mol. The Labute approximate surface area is 119 Å². The van der Waals surface area contributed by atoms with Crippen LogP contribution in [0.2, 0.25) is 5.02 Å². The number of halogens is 2. The van der Waals surface area contributed by atoms with E-state index in [0.29, 0.717) is 5.02 Å². The molecule has 0 spiro atoms. The monoisotopic (exact) mass is 290 g/mol. The molecule has 20 heavy (non-hydrogen) atoms. The number of phenolic OH excluding ortho intramolecular Hbond substituents is 1. The molecule has 0 saturated carbocycles. The van der Waals surface area contributed by atoms with Crippen molar-refractivity contribution in [1.82, 2.24) is 0 Å². The first-order chi connectivity index (χ1) is 9.51. The third-order valence-corrected chi connectivity index (χ3v) is 2.78. The topological polar surface area (TPSA) is 73.1 Å². The van der Waals surface area contributed by atoms with Crippen molar-refractivity contribution in [2.75, 3.05) is 5.32 Å². The lowest BCUT2D eigenvalue weighted by Gasteiger charge is -2.07. The Morgan fingerprint density at radius 3 is 2.70 bits per heavy atom. The van der Waals surface area contributed by atoms with Crippen molar-refractivity contribution in [2.24, 2.45) is 0 Å². The van der Waals surface area contributed by atoms with Gasteiger partial charge in [-0.05, 0) is 36.4 Å². The number of anilines is 1. The lowest BCUT2D eigenvalue weighted by Crippen LogP contribution is -2.12. The normalized spacial score (nSPS) is 9.85. The lowest BCUT2D eigenvalue weighted by molar-refractivity contribution is 0.102. The molecule has 0 aliphatic heterocycles. The van der Waals surface area contributed by atoms with Crippen LogP contribution in [0.4, 0.5) is 10.1 Å². The van der Waals surface area contributed by atoms with Gasteiger partial charge in [-0.15, -0.1) is 0 Å². The molecule has 0 saturated heterocycles. The van der Waals surface area contributed by atoms with Gasteiger partial charge in [-0.3, -0.25) is 4.79 Å². The minimum absolute atomic E-state index is 0.0252. The van der Waals surface area contributed by atoms with E-state index in [0.717, 1.165) is 6.07 Å². The summed E-state index contributed by atoms with van der Waals surface area (Å²) in [7, 11) is 0. The van der Waals surface area contributed by atoms with Crippen LogP contribution in [0.3, 0.4) is 0 Å². The number of aromatic hydroxyl groups is 1. The summed E-state index contributed by atoms with van der Waals surface area (Å²) < 4.78 is 13.1. The van der Waals surface area contributed by atoms with Crippen molar-refractivity contribution in [3.8, 4) is 11.8 Å². The highest BCUT2D eigenvalue weighted by atomic mass is 35.5. The van der Waals surface area contributed by atoms with Gasteiger partial charge in [-0.2, -0.15) is 5.26 Å². The van der Waals surface area contributed by atoms with Crippen LogP contribution in [0.5, 0.6) is 5.75 Å². The summed E-state index contributed by atoms with van der Waals surface area (Å²) in [5.41, 5.74) is 0.0997. The Morgan fingerprint density at radius 1 is 1.30 bits per heavy atom. The van der Waals surface area contributed by atoms with E-state index in [1.54, 1.807) is 6.07 Å². The minimum Gasteiger partial charge on any atom is -0.507 e. The zero-order valence-corrected chi connectivity index (χ0v) is 10.8. The number of phenols is 1. The predicted octanol–water partition coefficient (Wildman–Crippen LogP) is 3.31. The van der Waals surface area contributed by atoms with Crippen LogP contribution in [0.25, 0.3) is 0 Å². The molecule has 4 nitrogen and oxygen atoms in total.